The highest BCUT2D eigenvalue weighted by molar-refractivity contribution is 9.10. The van der Waals surface area contributed by atoms with Crippen LogP contribution in [-0.2, 0) is 6.54 Å². The summed E-state index contributed by atoms with van der Waals surface area (Å²) in [5.74, 6) is 0. The smallest absolute Gasteiger partial charge is 0.122 e. The first-order valence-electron chi connectivity index (χ1n) is 5.70. The van der Waals surface area contributed by atoms with E-state index < -0.39 is 6.10 Å². The standard InChI is InChI=1S/C13H14BrClN2O/c1-3-17-12(10(14)7-16-17)13(18)9-5-4-8(2)11(15)6-9/h4-7,13,18H,3H2,1-2H3. The van der Waals surface area contributed by atoms with Crippen LogP contribution in [0.1, 0.15) is 29.8 Å². The first kappa shape index (κ1) is 13.6. The first-order valence-corrected chi connectivity index (χ1v) is 6.87. The zero-order valence-electron chi connectivity index (χ0n) is 10.2. The number of nitrogens with zero attached hydrogens (tertiary/aromatic N) is 2. The second kappa shape index (κ2) is 5.43. The van der Waals surface area contributed by atoms with Crippen LogP contribution in [0.25, 0.3) is 0 Å². The van der Waals surface area contributed by atoms with Crippen LogP contribution in [0.2, 0.25) is 5.02 Å². The lowest BCUT2D eigenvalue weighted by atomic mass is 10.0. The molecule has 1 unspecified atom stereocenters. The van der Waals surface area contributed by atoms with E-state index >= 15 is 0 Å². The van der Waals surface area contributed by atoms with E-state index in [1.807, 2.05) is 26.0 Å². The normalized spacial score (nSPS) is 12.7. The van der Waals surface area contributed by atoms with Crippen LogP contribution in [0.4, 0.5) is 0 Å². The van der Waals surface area contributed by atoms with Crippen molar-refractivity contribution in [1.82, 2.24) is 9.78 Å². The minimum atomic E-state index is -0.736. The van der Waals surface area contributed by atoms with Gasteiger partial charge in [0.15, 0.2) is 0 Å². The summed E-state index contributed by atoms with van der Waals surface area (Å²) in [5.41, 5.74) is 2.51. The Morgan fingerprint density at radius 1 is 1.50 bits per heavy atom. The fourth-order valence-electron chi connectivity index (χ4n) is 1.83. The van der Waals surface area contributed by atoms with Gasteiger partial charge in [0, 0.05) is 11.6 Å². The third-order valence-electron chi connectivity index (χ3n) is 2.90. The van der Waals surface area contributed by atoms with Crippen LogP contribution in [-0.4, -0.2) is 14.9 Å². The molecule has 0 saturated carbocycles. The maximum Gasteiger partial charge on any atom is 0.122 e. The Hall–Kier alpha value is -0.840. The molecule has 2 rings (SSSR count). The van der Waals surface area contributed by atoms with Crippen LogP contribution in [0.3, 0.4) is 0 Å². The molecular weight excluding hydrogens is 316 g/mol. The van der Waals surface area contributed by atoms with E-state index in [9.17, 15) is 5.11 Å². The van der Waals surface area contributed by atoms with Gasteiger partial charge in [-0.2, -0.15) is 5.10 Å². The molecule has 1 aromatic heterocycles. The molecule has 1 aromatic carbocycles. The molecule has 0 aliphatic carbocycles. The molecule has 3 nitrogen and oxygen atoms in total. The quantitative estimate of drug-likeness (QED) is 0.932. The Labute approximate surface area is 120 Å². The predicted octanol–water partition coefficient (Wildman–Crippen LogP) is 3.71. The van der Waals surface area contributed by atoms with Gasteiger partial charge in [-0.1, -0.05) is 23.7 Å². The Morgan fingerprint density at radius 3 is 2.83 bits per heavy atom. The summed E-state index contributed by atoms with van der Waals surface area (Å²) in [4.78, 5) is 0. The number of aliphatic hydroxyl groups is 1. The lowest BCUT2D eigenvalue weighted by Gasteiger charge is -2.14. The molecule has 0 saturated heterocycles. The topological polar surface area (TPSA) is 38.0 Å². The maximum atomic E-state index is 10.4. The van der Waals surface area contributed by atoms with E-state index in [0.717, 1.165) is 21.3 Å². The lowest BCUT2D eigenvalue weighted by Crippen LogP contribution is -2.09. The molecule has 0 spiro atoms. The zero-order chi connectivity index (χ0) is 13.3. The van der Waals surface area contributed by atoms with Gasteiger partial charge in [0.1, 0.15) is 6.10 Å². The highest BCUT2D eigenvalue weighted by Crippen LogP contribution is 2.30. The van der Waals surface area contributed by atoms with Crippen molar-refractivity contribution in [2.75, 3.05) is 0 Å². The van der Waals surface area contributed by atoms with Gasteiger partial charge in [-0.05, 0) is 47.0 Å². The number of rotatable bonds is 3. The molecular formula is C13H14BrClN2O. The monoisotopic (exact) mass is 328 g/mol. The number of aliphatic hydroxyl groups excluding tert-OH is 1. The van der Waals surface area contributed by atoms with Gasteiger partial charge >= 0.3 is 0 Å². The first-order chi connectivity index (χ1) is 8.54. The van der Waals surface area contributed by atoms with E-state index in [-0.39, 0.29) is 0 Å². The molecule has 0 amide bonds. The number of aromatic nitrogens is 2. The summed E-state index contributed by atoms with van der Waals surface area (Å²) >= 11 is 9.50. The predicted molar refractivity (Wildman–Crippen MR) is 75.9 cm³/mol. The van der Waals surface area contributed by atoms with Crippen LogP contribution in [0.5, 0.6) is 0 Å². The summed E-state index contributed by atoms with van der Waals surface area (Å²) in [7, 11) is 0. The van der Waals surface area contributed by atoms with E-state index in [4.69, 9.17) is 11.6 Å². The van der Waals surface area contributed by atoms with Gasteiger partial charge in [-0.15, -0.1) is 0 Å². The summed E-state index contributed by atoms with van der Waals surface area (Å²) in [6.07, 6.45) is 0.956. The van der Waals surface area contributed by atoms with Gasteiger partial charge in [0.05, 0.1) is 16.4 Å². The molecule has 5 heteroatoms. The summed E-state index contributed by atoms with van der Waals surface area (Å²) in [6, 6.07) is 5.58. The second-order valence-corrected chi connectivity index (χ2v) is 5.37. The summed E-state index contributed by atoms with van der Waals surface area (Å²) in [5, 5.41) is 15.3. The average Bonchev–Trinajstić information content (AvgIpc) is 2.73. The van der Waals surface area contributed by atoms with Gasteiger partial charge in [0.2, 0.25) is 0 Å². The molecule has 0 fully saturated rings. The van der Waals surface area contributed by atoms with Crippen LogP contribution >= 0.6 is 27.5 Å². The Bertz CT molecular complexity index is 568. The van der Waals surface area contributed by atoms with Crippen molar-refractivity contribution in [2.45, 2.75) is 26.5 Å². The SMILES string of the molecule is CCn1ncc(Br)c1C(O)c1ccc(C)c(Cl)c1. The maximum absolute atomic E-state index is 10.4. The number of benzene rings is 1. The van der Waals surface area contributed by atoms with Gasteiger partial charge in [-0.3, -0.25) is 4.68 Å². The van der Waals surface area contributed by atoms with Crippen molar-refractivity contribution in [3.05, 3.63) is 50.7 Å². The van der Waals surface area contributed by atoms with Gasteiger partial charge in [0.25, 0.3) is 0 Å². The molecule has 0 aliphatic heterocycles. The average molecular weight is 330 g/mol. The van der Waals surface area contributed by atoms with E-state index in [0.29, 0.717) is 11.6 Å². The number of hydrogen-bond donors (Lipinski definition) is 1. The Morgan fingerprint density at radius 2 is 2.22 bits per heavy atom. The highest BCUT2D eigenvalue weighted by atomic mass is 79.9. The molecule has 1 N–H and O–H groups in total. The molecule has 0 bridgehead atoms. The van der Waals surface area contributed by atoms with Crippen LogP contribution < -0.4 is 0 Å². The third kappa shape index (κ3) is 2.46. The van der Waals surface area contributed by atoms with Crippen LogP contribution in [0, 0.1) is 6.92 Å². The lowest BCUT2D eigenvalue weighted by molar-refractivity contribution is 0.207. The second-order valence-electron chi connectivity index (χ2n) is 4.10. The van der Waals surface area contributed by atoms with E-state index in [1.54, 1.807) is 16.9 Å². The molecule has 1 atom stereocenters. The zero-order valence-corrected chi connectivity index (χ0v) is 12.5. The number of aryl methyl sites for hydroxylation is 2. The number of hydrogen-bond acceptors (Lipinski definition) is 2. The van der Waals surface area contributed by atoms with Crippen molar-refractivity contribution in [3.63, 3.8) is 0 Å². The third-order valence-corrected chi connectivity index (χ3v) is 3.92. The van der Waals surface area contributed by atoms with Crippen molar-refractivity contribution in [1.29, 1.82) is 0 Å². The minimum absolute atomic E-state index is 0.658. The Balaban J connectivity index is 2.44. The molecule has 18 heavy (non-hydrogen) atoms. The minimum Gasteiger partial charge on any atom is -0.382 e. The van der Waals surface area contributed by atoms with Gasteiger partial charge in [-0.25, -0.2) is 0 Å². The molecule has 96 valence electrons. The summed E-state index contributed by atoms with van der Waals surface area (Å²) in [6.45, 7) is 4.63. The van der Waals surface area contributed by atoms with E-state index in [2.05, 4.69) is 21.0 Å². The van der Waals surface area contributed by atoms with E-state index in [1.165, 1.54) is 0 Å². The fourth-order valence-corrected chi connectivity index (χ4v) is 2.53. The Kier molecular flexibility index (Phi) is 4.10. The largest absolute Gasteiger partial charge is 0.382 e. The van der Waals surface area contributed by atoms with Crippen molar-refractivity contribution < 1.29 is 5.11 Å². The molecule has 1 heterocycles. The fraction of sp³-hybridized carbons (Fsp3) is 0.308. The van der Waals surface area contributed by atoms with Crippen molar-refractivity contribution in [3.8, 4) is 0 Å². The molecule has 0 radical (unpaired) electrons. The highest BCUT2D eigenvalue weighted by Gasteiger charge is 2.19. The van der Waals surface area contributed by atoms with Gasteiger partial charge < -0.3 is 5.11 Å². The summed E-state index contributed by atoms with van der Waals surface area (Å²) < 4.78 is 2.57. The molecule has 0 aliphatic rings. The van der Waals surface area contributed by atoms with Crippen molar-refractivity contribution in [2.24, 2.45) is 0 Å². The number of halogens is 2. The molecule has 2 aromatic rings. The van der Waals surface area contributed by atoms with Crippen LogP contribution in [0.15, 0.2) is 28.9 Å². The van der Waals surface area contributed by atoms with Crippen molar-refractivity contribution >= 4 is 27.5 Å².